The van der Waals surface area contributed by atoms with Gasteiger partial charge in [0.05, 0.1) is 11.6 Å². The molecule has 4 nitrogen and oxygen atoms in total. The fourth-order valence-electron chi connectivity index (χ4n) is 2.40. The molecular weight excluding hydrogens is 240 g/mol. The van der Waals surface area contributed by atoms with Crippen LogP contribution < -0.4 is 5.73 Å². The lowest BCUT2D eigenvalue weighted by atomic mass is 9.93. The highest BCUT2D eigenvalue weighted by Crippen LogP contribution is 2.21. The zero-order valence-corrected chi connectivity index (χ0v) is 11.4. The first-order chi connectivity index (χ1) is 8.98. The minimum atomic E-state index is -0.639. The lowest BCUT2D eigenvalue weighted by Gasteiger charge is -2.36. The molecule has 0 saturated carbocycles. The van der Waals surface area contributed by atoms with Crippen LogP contribution in [0.5, 0.6) is 0 Å². The van der Waals surface area contributed by atoms with Crippen LogP contribution in [-0.2, 0) is 11.2 Å². The minimum Gasteiger partial charge on any atom is -0.390 e. The second-order valence-corrected chi connectivity index (χ2v) is 5.62. The number of carbonyl (C=O) groups excluding carboxylic acids is 1. The van der Waals surface area contributed by atoms with E-state index in [2.05, 4.69) is 0 Å². The number of carbonyl (C=O) groups is 1. The lowest BCUT2D eigenvalue weighted by molar-refractivity contribution is -0.136. The minimum absolute atomic E-state index is 0.0145. The molecule has 1 amide bonds. The van der Waals surface area contributed by atoms with Gasteiger partial charge in [0.15, 0.2) is 0 Å². The molecule has 1 aliphatic rings. The Hall–Kier alpha value is -1.39. The molecule has 19 heavy (non-hydrogen) atoms. The van der Waals surface area contributed by atoms with Gasteiger partial charge in [-0.15, -0.1) is 0 Å². The standard InChI is InChI=1S/C15H22N2O2/c1-15(19)7-9-17(10-8-15)14(18)13(16)11-12-5-3-2-4-6-12/h2-6,13,19H,7-11,16H2,1H3/t13-/m0/s1. The molecule has 0 unspecified atom stereocenters. The van der Waals surface area contributed by atoms with Crippen molar-refractivity contribution in [2.45, 2.75) is 37.8 Å². The molecule has 1 fully saturated rings. The Morgan fingerprint density at radius 1 is 1.37 bits per heavy atom. The van der Waals surface area contributed by atoms with Crippen molar-refractivity contribution in [2.75, 3.05) is 13.1 Å². The molecule has 0 spiro atoms. The van der Waals surface area contributed by atoms with Gasteiger partial charge in [0.1, 0.15) is 0 Å². The second kappa shape index (κ2) is 5.72. The molecule has 1 aromatic carbocycles. The van der Waals surface area contributed by atoms with Crippen molar-refractivity contribution < 1.29 is 9.90 Å². The number of aliphatic hydroxyl groups is 1. The first-order valence-electron chi connectivity index (χ1n) is 6.79. The van der Waals surface area contributed by atoms with Gasteiger partial charge in [-0.05, 0) is 31.7 Å². The third-order valence-corrected chi connectivity index (χ3v) is 3.77. The van der Waals surface area contributed by atoms with Gasteiger partial charge in [0, 0.05) is 13.1 Å². The summed E-state index contributed by atoms with van der Waals surface area (Å²) in [5.74, 6) is -0.0145. The maximum absolute atomic E-state index is 12.2. The first kappa shape index (κ1) is 14.0. The monoisotopic (exact) mass is 262 g/mol. The summed E-state index contributed by atoms with van der Waals surface area (Å²) in [5.41, 5.74) is 6.43. The zero-order chi connectivity index (χ0) is 13.9. The summed E-state index contributed by atoms with van der Waals surface area (Å²) in [6.45, 7) is 3.00. The van der Waals surface area contributed by atoms with Crippen molar-refractivity contribution >= 4 is 5.91 Å². The van der Waals surface area contributed by atoms with Crippen LogP contribution in [0.1, 0.15) is 25.3 Å². The van der Waals surface area contributed by atoms with Crippen LogP contribution in [0.15, 0.2) is 30.3 Å². The van der Waals surface area contributed by atoms with Crippen LogP contribution in [0, 0.1) is 0 Å². The molecule has 4 heteroatoms. The van der Waals surface area contributed by atoms with Crippen molar-refractivity contribution in [1.29, 1.82) is 0 Å². The third kappa shape index (κ3) is 3.78. The summed E-state index contributed by atoms with van der Waals surface area (Å²) in [7, 11) is 0. The van der Waals surface area contributed by atoms with Crippen LogP contribution in [0.4, 0.5) is 0 Å². The SMILES string of the molecule is CC1(O)CCN(C(=O)[C@@H](N)Cc2ccccc2)CC1. The van der Waals surface area contributed by atoms with E-state index in [1.807, 2.05) is 37.3 Å². The van der Waals surface area contributed by atoms with Gasteiger partial charge in [-0.25, -0.2) is 0 Å². The average molecular weight is 262 g/mol. The van der Waals surface area contributed by atoms with Gasteiger partial charge in [-0.3, -0.25) is 4.79 Å². The summed E-state index contributed by atoms with van der Waals surface area (Å²) in [4.78, 5) is 14.0. The molecule has 1 aliphatic heterocycles. The maximum Gasteiger partial charge on any atom is 0.239 e. The Balaban J connectivity index is 1.89. The molecule has 1 heterocycles. The number of nitrogens with zero attached hydrogens (tertiary/aromatic N) is 1. The Morgan fingerprint density at radius 2 is 1.95 bits per heavy atom. The average Bonchev–Trinajstić information content (AvgIpc) is 2.39. The molecule has 1 saturated heterocycles. The molecule has 2 rings (SSSR count). The number of amides is 1. The fourth-order valence-corrected chi connectivity index (χ4v) is 2.40. The van der Waals surface area contributed by atoms with Crippen LogP contribution in [0.3, 0.4) is 0 Å². The van der Waals surface area contributed by atoms with Crippen molar-refractivity contribution in [1.82, 2.24) is 4.90 Å². The smallest absolute Gasteiger partial charge is 0.239 e. The highest BCUT2D eigenvalue weighted by atomic mass is 16.3. The molecule has 0 bridgehead atoms. The predicted octanol–water partition coefficient (Wildman–Crippen LogP) is 0.930. The Kier molecular flexibility index (Phi) is 4.22. The molecule has 3 N–H and O–H groups in total. The summed E-state index contributed by atoms with van der Waals surface area (Å²) in [6.07, 6.45) is 1.81. The van der Waals surface area contributed by atoms with Crippen molar-refractivity contribution in [3.63, 3.8) is 0 Å². The van der Waals surface area contributed by atoms with E-state index >= 15 is 0 Å². The number of benzene rings is 1. The van der Waals surface area contributed by atoms with Gasteiger partial charge in [0.2, 0.25) is 5.91 Å². The molecule has 1 atom stereocenters. The van der Waals surface area contributed by atoms with Crippen LogP contribution in [-0.4, -0.2) is 40.6 Å². The van der Waals surface area contributed by atoms with Gasteiger partial charge < -0.3 is 15.7 Å². The van der Waals surface area contributed by atoms with Gasteiger partial charge in [0.25, 0.3) is 0 Å². The number of piperidine rings is 1. The van der Waals surface area contributed by atoms with Gasteiger partial charge >= 0.3 is 0 Å². The first-order valence-corrected chi connectivity index (χ1v) is 6.79. The molecule has 0 radical (unpaired) electrons. The van der Waals surface area contributed by atoms with Crippen molar-refractivity contribution in [3.8, 4) is 0 Å². The van der Waals surface area contributed by atoms with Gasteiger partial charge in [-0.2, -0.15) is 0 Å². The Morgan fingerprint density at radius 3 is 2.53 bits per heavy atom. The van der Waals surface area contributed by atoms with Crippen molar-refractivity contribution in [2.24, 2.45) is 5.73 Å². The summed E-state index contributed by atoms with van der Waals surface area (Å²) in [5, 5.41) is 9.88. The highest BCUT2D eigenvalue weighted by Gasteiger charge is 2.31. The zero-order valence-electron chi connectivity index (χ0n) is 11.4. The Bertz CT molecular complexity index is 421. The number of likely N-dealkylation sites (tertiary alicyclic amines) is 1. The van der Waals surface area contributed by atoms with Crippen LogP contribution in [0.25, 0.3) is 0 Å². The summed E-state index contributed by atoms with van der Waals surface area (Å²) >= 11 is 0. The Labute approximate surface area is 114 Å². The maximum atomic E-state index is 12.2. The van der Waals surface area contributed by atoms with E-state index in [1.165, 1.54) is 0 Å². The quantitative estimate of drug-likeness (QED) is 0.851. The number of hydrogen-bond acceptors (Lipinski definition) is 3. The number of hydrogen-bond donors (Lipinski definition) is 2. The van der Waals surface area contributed by atoms with Crippen LogP contribution in [0.2, 0.25) is 0 Å². The molecule has 1 aromatic rings. The summed E-state index contributed by atoms with van der Waals surface area (Å²) in [6, 6.07) is 9.31. The second-order valence-electron chi connectivity index (χ2n) is 5.62. The largest absolute Gasteiger partial charge is 0.390 e. The molecule has 0 aromatic heterocycles. The van der Waals surface area contributed by atoms with E-state index in [0.29, 0.717) is 32.4 Å². The van der Waals surface area contributed by atoms with E-state index in [0.717, 1.165) is 5.56 Å². The van der Waals surface area contributed by atoms with E-state index in [4.69, 9.17) is 5.73 Å². The predicted molar refractivity (Wildman–Crippen MR) is 74.6 cm³/mol. The van der Waals surface area contributed by atoms with E-state index in [-0.39, 0.29) is 5.91 Å². The fraction of sp³-hybridized carbons (Fsp3) is 0.533. The lowest BCUT2D eigenvalue weighted by Crippen LogP contribution is -2.51. The molecule has 0 aliphatic carbocycles. The molecule has 104 valence electrons. The highest BCUT2D eigenvalue weighted by molar-refractivity contribution is 5.82. The molecular formula is C15H22N2O2. The van der Waals surface area contributed by atoms with E-state index in [1.54, 1.807) is 4.90 Å². The van der Waals surface area contributed by atoms with Gasteiger partial charge in [-0.1, -0.05) is 30.3 Å². The third-order valence-electron chi connectivity index (χ3n) is 3.77. The van der Waals surface area contributed by atoms with E-state index in [9.17, 15) is 9.90 Å². The van der Waals surface area contributed by atoms with E-state index < -0.39 is 11.6 Å². The summed E-state index contributed by atoms with van der Waals surface area (Å²) < 4.78 is 0. The number of rotatable bonds is 3. The number of nitrogens with two attached hydrogens (primary N) is 1. The van der Waals surface area contributed by atoms with Crippen LogP contribution >= 0.6 is 0 Å². The normalized spacial score (nSPS) is 20.1. The van der Waals surface area contributed by atoms with Crippen molar-refractivity contribution in [3.05, 3.63) is 35.9 Å². The topological polar surface area (TPSA) is 66.6 Å².